The number of anilines is 2. The zero-order valence-electron chi connectivity index (χ0n) is 15.8. The molecule has 1 N–H and O–H groups in total. The Hall–Kier alpha value is -2.77. The van der Waals surface area contributed by atoms with Crippen LogP contribution in [0.5, 0.6) is 0 Å². The molecule has 2 heterocycles. The van der Waals surface area contributed by atoms with Crippen molar-refractivity contribution in [3.63, 3.8) is 0 Å². The van der Waals surface area contributed by atoms with Crippen molar-refractivity contribution in [2.24, 2.45) is 0 Å². The fraction of sp³-hybridized carbons (Fsp3) is 0.238. The molecule has 1 atom stereocenters. The van der Waals surface area contributed by atoms with Crippen LogP contribution < -0.4 is 10.2 Å². The first-order valence-electron chi connectivity index (χ1n) is 9.33. The molecule has 1 fully saturated rings. The van der Waals surface area contributed by atoms with Gasteiger partial charge in [-0.1, -0.05) is 48.1 Å². The summed E-state index contributed by atoms with van der Waals surface area (Å²) in [6.45, 7) is 2.66. The molecule has 1 saturated heterocycles. The molecule has 8 heteroatoms. The molecule has 0 bridgehead atoms. The van der Waals surface area contributed by atoms with Gasteiger partial charge in [-0.25, -0.2) is 0 Å². The topological polar surface area (TPSA) is 75.2 Å². The summed E-state index contributed by atoms with van der Waals surface area (Å²) in [6.07, 6.45) is 1.34. The number of nitrogens with zero attached hydrogens (tertiary/aromatic N) is 3. The van der Waals surface area contributed by atoms with Crippen LogP contribution in [0, 0.1) is 0 Å². The lowest BCUT2D eigenvalue weighted by atomic mass is 10.1. The Bertz CT molecular complexity index is 1050. The van der Waals surface area contributed by atoms with Gasteiger partial charge in [0.2, 0.25) is 11.0 Å². The highest BCUT2D eigenvalue weighted by Gasteiger charge is 2.34. The number of aryl methyl sites for hydroxylation is 1. The largest absolute Gasteiger partial charge is 0.312 e. The van der Waals surface area contributed by atoms with E-state index in [1.807, 2.05) is 24.3 Å². The summed E-state index contributed by atoms with van der Waals surface area (Å²) in [5, 5.41) is 12.7. The molecule has 2 amide bonds. The number of halogens is 1. The second kappa shape index (κ2) is 8.31. The number of amides is 2. The molecular formula is C21H19ClN4O2S. The van der Waals surface area contributed by atoms with Crippen molar-refractivity contribution in [2.45, 2.75) is 25.7 Å². The number of nitrogens with one attached hydrogen (secondary N) is 1. The van der Waals surface area contributed by atoms with Crippen molar-refractivity contribution in [2.75, 3.05) is 16.8 Å². The first-order chi connectivity index (χ1) is 14.0. The van der Waals surface area contributed by atoms with E-state index in [0.29, 0.717) is 28.7 Å². The van der Waals surface area contributed by atoms with Gasteiger partial charge in [-0.05, 0) is 42.3 Å². The van der Waals surface area contributed by atoms with E-state index in [0.717, 1.165) is 17.1 Å². The Morgan fingerprint density at radius 2 is 2.03 bits per heavy atom. The number of hydrogen-bond donors (Lipinski definition) is 1. The lowest BCUT2D eigenvalue weighted by Crippen LogP contribution is -2.24. The van der Waals surface area contributed by atoms with Crippen molar-refractivity contribution in [1.82, 2.24) is 10.2 Å². The summed E-state index contributed by atoms with van der Waals surface area (Å²) in [6, 6.07) is 14.8. The van der Waals surface area contributed by atoms with Gasteiger partial charge in [0.1, 0.15) is 5.01 Å². The molecule has 148 valence electrons. The molecule has 6 nitrogen and oxygen atoms in total. The molecular weight excluding hydrogens is 408 g/mol. The van der Waals surface area contributed by atoms with Crippen LogP contribution in [0.1, 0.15) is 40.2 Å². The van der Waals surface area contributed by atoms with E-state index in [1.165, 1.54) is 16.9 Å². The van der Waals surface area contributed by atoms with Gasteiger partial charge in [-0.15, -0.1) is 10.2 Å². The van der Waals surface area contributed by atoms with E-state index in [2.05, 4.69) is 22.4 Å². The fourth-order valence-corrected chi connectivity index (χ4v) is 4.30. The molecule has 0 aliphatic carbocycles. The fourth-order valence-electron chi connectivity index (χ4n) is 3.28. The third kappa shape index (κ3) is 4.31. The van der Waals surface area contributed by atoms with Gasteiger partial charge in [0, 0.05) is 35.2 Å². The van der Waals surface area contributed by atoms with Crippen molar-refractivity contribution < 1.29 is 9.59 Å². The summed E-state index contributed by atoms with van der Waals surface area (Å²) in [7, 11) is 0. The highest BCUT2D eigenvalue weighted by Crippen LogP contribution is 2.34. The van der Waals surface area contributed by atoms with Crippen LogP contribution in [-0.4, -0.2) is 28.6 Å². The minimum Gasteiger partial charge on any atom is -0.312 e. The Morgan fingerprint density at radius 1 is 1.24 bits per heavy atom. The maximum absolute atomic E-state index is 12.5. The average molecular weight is 427 g/mol. The van der Waals surface area contributed by atoms with Gasteiger partial charge in [0.25, 0.3) is 5.91 Å². The Balaban J connectivity index is 1.44. The number of carbonyl (C=O) groups is 2. The van der Waals surface area contributed by atoms with Crippen molar-refractivity contribution in [1.29, 1.82) is 0 Å². The second-order valence-electron chi connectivity index (χ2n) is 6.84. The molecule has 0 spiro atoms. The standard InChI is InChI=1S/C21H19ClN4O2S/c1-2-13-6-8-17(9-7-13)26-12-15(11-18(26)27)20-24-25-21(29-20)23-19(28)14-4-3-5-16(22)10-14/h3-10,15H,2,11-12H2,1H3,(H,23,25,28). The normalized spacial score (nSPS) is 16.3. The Kier molecular flexibility index (Phi) is 5.60. The molecule has 2 aromatic carbocycles. The summed E-state index contributed by atoms with van der Waals surface area (Å²) >= 11 is 7.23. The molecule has 1 unspecified atom stereocenters. The van der Waals surface area contributed by atoms with Crippen LogP contribution in [0.15, 0.2) is 48.5 Å². The van der Waals surface area contributed by atoms with E-state index in [4.69, 9.17) is 11.6 Å². The molecule has 1 aliphatic heterocycles. The Morgan fingerprint density at radius 3 is 2.76 bits per heavy atom. The maximum Gasteiger partial charge on any atom is 0.257 e. The third-order valence-electron chi connectivity index (χ3n) is 4.88. The molecule has 0 radical (unpaired) electrons. The summed E-state index contributed by atoms with van der Waals surface area (Å²) in [4.78, 5) is 26.6. The van der Waals surface area contributed by atoms with Crippen molar-refractivity contribution >= 4 is 45.6 Å². The quantitative estimate of drug-likeness (QED) is 0.650. The van der Waals surface area contributed by atoms with Crippen LogP contribution in [0.2, 0.25) is 5.02 Å². The first kappa shape index (κ1) is 19.5. The van der Waals surface area contributed by atoms with E-state index in [-0.39, 0.29) is 17.7 Å². The van der Waals surface area contributed by atoms with Gasteiger partial charge >= 0.3 is 0 Å². The highest BCUT2D eigenvalue weighted by atomic mass is 35.5. The number of carbonyl (C=O) groups excluding carboxylic acids is 2. The Labute approximate surface area is 177 Å². The van der Waals surface area contributed by atoms with Crippen LogP contribution in [0.3, 0.4) is 0 Å². The number of hydrogen-bond acceptors (Lipinski definition) is 5. The monoisotopic (exact) mass is 426 g/mol. The van der Waals surface area contributed by atoms with E-state index in [9.17, 15) is 9.59 Å². The van der Waals surface area contributed by atoms with Crippen molar-refractivity contribution in [3.8, 4) is 0 Å². The van der Waals surface area contributed by atoms with Crippen LogP contribution in [0.25, 0.3) is 0 Å². The van der Waals surface area contributed by atoms with E-state index < -0.39 is 0 Å². The average Bonchev–Trinajstić information content (AvgIpc) is 3.34. The minimum absolute atomic E-state index is 0.0392. The number of benzene rings is 2. The lowest BCUT2D eigenvalue weighted by molar-refractivity contribution is -0.117. The van der Waals surface area contributed by atoms with Gasteiger partial charge < -0.3 is 4.90 Å². The minimum atomic E-state index is -0.296. The third-order valence-corrected chi connectivity index (χ3v) is 6.11. The number of aromatic nitrogens is 2. The van der Waals surface area contributed by atoms with Crippen LogP contribution >= 0.6 is 22.9 Å². The molecule has 4 rings (SSSR count). The molecule has 3 aromatic rings. The summed E-state index contributed by atoms with van der Waals surface area (Å²) in [5.41, 5.74) is 2.59. The number of rotatable bonds is 5. The second-order valence-corrected chi connectivity index (χ2v) is 8.28. The van der Waals surface area contributed by atoms with Crippen LogP contribution in [-0.2, 0) is 11.2 Å². The van der Waals surface area contributed by atoms with Crippen LogP contribution in [0.4, 0.5) is 10.8 Å². The smallest absolute Gasteiger partial charge is 0.257 e. The zero-order chi connectivity index (χ0) is 20.4. The van der Waals surface area contributed by atoms with Crippen molar-refractivity contribution in [3.05, 3.63) is 69.7 Å². The summed E-state index contributed by atoms with van der Waals surface area (Å²) < 4.78 is 0. The summed E-state index contributed by atoms with van der Waals surface area (Å²) in [5.74, 6) is -0.267. The van der Waals surface area contributed by atoms with Gasteiger partial charge in [0.15, 0.2) is 0 Å². The molecule has 1 aliphatic rings. The SMILES string of the molecule is CCc1ccc(N2CC(c3nnc(NC(=O)c4cccc(Cl)c4)s3)CC2=O)cc1. The molecule has 1 aromatic heterocycles. The first-order valence-corrected chi connectivity index (χ1v) is 10.5. The molecule has 0 saturated carbocycles. The highest BCUT2D eigenvalue weighted by molar-refractivity contribution is 7.15. The molecule has 29 heavy (non-hydrogen) atoms. The van der Waals surface area contributed by atoms with E-state index in [1.54, 1.807) is 29.2 Å². The van der Waals surface area contributed by atoms with E-state index >= 15 is 0 Å². The lowest BCUT2D eigenvalue weighted by Gasteiger charge is -2.16. The van der Waals surface area contributed by atoms with Gasteiger partial charge in [-0.2, -0.15) is 0 Å². The maximum atomic E-state index is 12.5. The van der Waals surface area contributed by atoms with Gasteiger partial charge in [-0.3, -0.25) is 14.9 Å². The predicted octanol–water partition coefficient (Wildman–Crippen LogP) is 4.53. The zero-order valence-corrected chi connectivity index (χ0v) is 17.3. The predicted molar refractivity (Wildman–Crippen MR) is 115 cm³/mol. The van der Waals surface area contributed by atoms with Gasteiger partial charge in [0.05, 0.1) is 0 Å².